The Morgan fingerprint density at radius 2 is 2.03 bits per heavy atom. The molecule has 0 amide bonds. The summed E-state index contributed by atoms with van der Waals surface area (Å²) in [6.07, 6.45) is 3.93. The van der Waals surface area contributed by atoms with Crippen LogP contribution in [0.5, 0.6) is 0 Å². The second-order valence-electron chi connectivity index (χ2n) is 7.42. The highest BCUT2D eigenvalue weighted by atomic mass is 32.2. The van der Waals surface area contributed by atoms with Gasteiger partial charge < -0.3 is 19.9 Å². The number of benzene rings is 1. The third kappa shape index (κ3) is 5.05. The summed E-state index contributed by atoms with van der Waals surface area (Å²) in [5.74, 6) is 3.36. The first kappa shape index (κ1) is 20.1. The van der Waals surface area contributed by atoms with E-state index in [2.05, 4.69) is 49.5 Å². The zero-order valence-electron chi connectivity index (χ0n) is 17.3. The molecule has 4 rings (SSSR count). The van der Waals surface area contributed by atoms with E-state index in [1.807, 2.05) is 42.9 Å². The second-order valence-corrected chi connectivity index (χ2v) is 8.64. The summed E-state index contributed by atoms with van der Waals surface area (Å²) in [4.78, 5) is 9.23. The number of guanidine groups is 1. The Morgan fingerprint density at radius 1 is 1.24 bits per heavy atom. The smallest absolute Gasteiger partial charge is 0.194 e. The Balaban J connectivity index is 1.33. The summed E-state index contributed by atoms with van der Waals surface area (Å²) in [6, 6.07) is 8.91. The van der Waals surface area contributed by atoms with E-state index in [9.17, 15) is 0 Å². The molecule has 7 nitrogen and oxygen atoms in total. The second kappa shape index (κ2) is 9.54. The Kier molecular flexibility index (Phi) is 6.61. The fourth-order valence-corrected chi connectivity index (χ4v) is 4.71. The first-order valence-corrected chi connectivity index (χ1v) is 11.4. The van der Waals surface area contributed by atoms with Gasteiger partial charge in [0.25, 0.3) is 0 Å². The van der Waals surface area contributed by atoms with Crippen molar-refractivity contribution in [2.24, 2.45) is 12.0 Å². The predicted molar refractivity (Wildman–Crippen MR) is 120 cm³/mol. The normalized spacial score (nSPS) is 20.8. The maximum absolute atomic E-state index is 5.95. The van der Waals surface area contributed by atoms with Gasteiger partial charge in [-0.1, -0.05) is 12.1 Å². The van der Waals surface area contributed by atoms with E-state index in [1.54, 1.807) is 0 Å². The van der Waals surface area contributed by atoms with Crippen molar-refractivity contribution in [3.8, 4) is 0 Å². The average Bonchev–Trinajstić information content (AvgIpc) is 3.22. The van der Waals surface area contributed by atoms with Crippen molar-refractivity contribution in [2.75, 3.05) is 56.2 Å². The van der Waals surface area contributed by atoms with E-state index >= 15 is 0 Å². The molecule has 1 N–H and O–H groups in total. The lowest BCUT2D eigenvalue weighted by atomic mass is 10.1. The number of morpholine rings is 1. The molecule has 3 heterocycles. The third-order valence-corrected chi connectivity index (χ3v) is 6.38. The predicted octanol–water partition coefficient (Wildman–Crippen LogP) is 2.12. The van der Waals surface area contributed by atoms with Gasteiger partial charge in [-0.05, 0) is 17.7 Å². The zero-order chi connectivity index (χ0) is 20.1. The van der Waals surface area contributed by atoms with Crippen molar-refractivity contribution in [2.45, 2.75) is 12.6 Å². The van der Waals surface area contributed by atoms with Crippen LogP contribution in [0.1, 0.15) is 17.2 Å². The molecule has 0 bridgehead atoms. The van der Waals surface area contributed by atoms with Gasteiger partial charge in [-0.25, -0.2) is 0 Å². The van der Waals surface area contributed by atoms with Gasteiger partial charge in [0, 0.05) is 69.2 Å². The van der Waals surface area contributed by atoms with Gasteiger partial charge in [0.1, 0.15) is 6.10 Å². The van der Waals surface area contributed by atoms with Crippen LogP contribution in [0.25, 0.3) is 0 Å². The summed E-state index contributed by atoms with van der Waals surface area (Å²) in [7, 11) is 3.77. The van der Waals surface area contributed by atoms with Crippen LogP contribution < -0.4 is 10.2 Å². The van der Waals surface area contributed by atoms with Crippen molar-refractivity contribution in [1.29, 1.82) is 0 Å². The molecule has 2 aliphatic heterocycles. The number of thioether (sulfide) groups is 1. The molecule has 0 aliphatic carbocycles. The van der Waals surface area contributed by atoms with Gasteiger partial charge in [-0.3, -0.25) is 9.67 Å². The van der Waals surface area contributed by atoms with Crippen LogP contribution >= 0.6 is 11.8 Å². The number of aryl methyl sites for hydroxylation is 1. The molecule has 1 unspecified atom stereocenters. The molecular weight excluding hydrogens is 384 g/mol. The van der Waals surface area contributed by atoms with Crippen LogP contribution in [0.15, 0.2) is 41.7 Å². The van der Waals surface area contributed by atoms with Crippen molar-refractivity contribution >= 4 is 23.4 Å². The van der Waals surface area contributed by atoms with Gasteiger partial charge in [-0.15, -0.1) is 0 Å². The molecule has 2 fully saturated rings. The van der Waals surface area contributed by atoms with E-state index in [0.717, 1.165) is 44.2 Å². The lowest BCUT2D eigenvalue weighted by Crippen LogP contribution is -2.47. The third-order valence-electron chi connectivity index (χ3n) is 5.44. The van der Waals surface area contributed by atoms with Crippen LogP contribution in [0.3, 0.4) is 0 Å². The van der Waals surface area contributed by atoms with Gasteiger partial charge in [0.05, 0.1) is 19.3 Å². The van der Waals surface area contributed by atoms with Gasteiger partial charge >= 0.3 is 0 Å². The number of aliphatic imine (C=N–C) groups is 1. The number of nitrogens with one attached hydrogen (secondary N) is 1. The highest BCUT2D eigenvalue weighted by Gasteiger charge is 2.25. The lowest BCUT2D eigenvalue weighted by Gasteiger charge is -2.34. The summed E-state index contributed by atoms with van der Waals surface area (Å²) in [6.45, 7) is 5.34. The van der Waals surface area contributed by atoms with Crippen LogP contribution in [0.2, 0.25) is 0 Å². The molecule has 0 saturated carbocycles. The number of nitrogens with zero attached hydrogens (tertiary/aromatic N) is 5. The molecule has 1 atom stereocenters. The zero-order valence-corrected chi connectivity index (χ0v) is 18.1. The van der Waals surface area contributed by atoms with E-state index in [1.165, 1.54) is 22.8 Å². The topological polar surface area (TPSA) is 57.9 Å². The molecule has 2 saturated heterocycles. The molecule has 156 valence electrons. The van der Waals surface area contributed by atoms with Crippen molar-refractivity contribution in [3.05, 3.63) is 47.8 Å². The molecule has 2 aliphatic rings. The standard InChI is InChI=1S/C21H30N6OS/c1-22-21(27-7-10-28-20(16-27)18-14-24-25(2)15-18)23-13-17-3-5-19(6-4-17)26-8-11-29-12-9-26/h3-6,14-15,20H,7-13,16H2,1-2H3,(H,22,23). The number of hydrogen-bond acceptors (Lipinski definition) is 5. The van der Waals surface area contributed by atoms with E-state index in [0.29, 0.717) is 6.61 Å². The summed E-state index contributed by atoms with van der Waals surface area (Å²) in [5.41, 5.74) is 3.70. The monoisotopic (exact) mass is 414 g/mol. The van der Waals surface area contributed by atoms with Gasteiger partial charge in [-0.2, -0.15) is 16.9 Å². The van der Waals surface area contributed by atoms with Gasteiger partial charge in [0.2, 0.25) is 0 Å². The minimum absolute atomic E-state index is 0.0259. The van der Waals surface area contributed by atoms with E-state index in [-0.39, 0.29) is 6.10 Å². The molecule has 1 aromatic heterocycles. The Hall–Kier alpha value is -2.19. The Bertz CT molecular complexity index is 815. The van der Waals surface area contributed by atoms with Crippen LogP contribution in [0, 0.1) is 0 Å². The SMILES string of the molecule is CN=C(NCc1ccc(N2CCSCC2)cc1)N1CCOC(c2cnn(C)c2)C1. The molecule has 8 heteroatoms. The Labute approximate surface area is 177 Å². The molecule has 1 aromatic carbocycles. The number of rotatable bonds is 4. The molecule has 2 aromatic rings. The van der Waals surface area contributed by atoms with Crippen molar-refractivity contribution in [3.63, 3.8) is 0 Å². The fourth-order valence-electron chi connectivity index (χ4n) is 3.81. The molecular formula is C21H30N6OS. The van der Waals surface area contributed by atoms with E-state index in [4.69, 9.17) is 4.74 Å². The summed E-state index contributed by atoms with van der Waals surface area (Å²) in [5, 5.41) is 7.78. The van der Waals surface area contributed by atoms with E-state index < -0.39 is 0 Å². The minimum atomic E-state index is 0.0259. The highest BCUT2D eigenvalue weighted by molar-refractivity contribution is 7.99. The summed E-state index contributed by atoms with van der Waals surface area (Å²) < 4.78 is 7.77. The maximum Gasteiger partial charge on any atom is 0.194 e. The van der Waals surface area contributed by atoms with Crippen molar-refractivity contribution < 1.29 is 4.74 Å². The number of ether oxygens (including phenoxy) is 1. The highest BCUT2D eigenvalue weighted by Crippen LogP contribution is 2.22. The summed E-state index contributed by atoms with van der Waals surface area (Å²) >= 11 is 2.04. The van der Waals surface area contributed by atoms with Crippen molar-refractivity contribution in [1.82, 2.24) is 20.0 Å². The molecule has 0 spiro atoms. The van der Waals surface area contributed by atoms with Crippen LogP contribution in [-0.4, -0.2) is 72.0 Å². The molecule has 29 heavy (non-hydrogen) atoms. The number of aromatic nitrogens is 2. The Morgan fingerprint density at radius 3 is 2.72 bits per heavy atom. The van der Waals surface area contributed by atoms with Gasteiger partial charge in [0.15, 0.2) is 5.96 Å². The quantitative estimate of drug-likeness (QED) is 0.611. The average molecular weight is 415 g/mol. The minimum Gasteiger partial charge on any atom is -0.370 e. The largest absolute Gasteiger partial charge is 0.370 e. The number of anilines is 1. The first-order valence-electron chi connectivity index (χ1n) is 10.2. The number of hydrogen-bond donors (Lipinski definition) is 1. The maximum atomic E-state index is 5.95. The fraction of sp³-hybridized carbons (Fsp3) is 0.524. The molecule has 0 radical (unpaired) electrons. The lowest BCUT2D eigenvalue weighted by molar-refractivity contribution is -0.00805. The first-order chi connectivity index (χ1) is 14.2. The van der Waals surface area contributed by atoms with Crippen LogP contribution in [-0.2, 0) is 18.3 Å². The van der Waals surface area contributed by atoms with Crippen LogP contribution in [0.4, 0.5) is 5.69 Å².